The van der Waals surface area contributed by atoms with Gasteiger partial charge in [-0.2, -0.15) is 0 Å². The van der Waals surface area contributed by atoms with Crippen molar-refractivity contribution in [2.24, 2.45) is 0 Å². The lowest BCUT2D eigenvalue weighted by atomic mass is 10.1. The number of carbonyl (C=O) groups excluding carboxylic acids is 3. The van der Waals surface area contributed by atoms with Gasteiger partial charge >= 0.3 is 6.16 Å². The first-order chi connectivity index (χ1) is 16.0. The van der Waals surface area contributed by atoms with E-state index in [1.54, 1.807) is 37.3 Å². The third-order valence-electron chi connectivity index (χ3n) is 4.61. The third-order valence-corrected chi connectivity index (χ3v) is 4.98. The van der Waals surface area contributed by atoms with Crippen molar-refractivity contribution < 1.29 is 23.9 Å². The lowest BCUT2D eigenvalue weighted by molar-refractivity contribution is -0.116. The molecule has 0 aliphatic rings. The summed E-state index contributed by atoms with van der Waals surface area (Å²) in [4.78, 5) is 36.5. The van der Waals surface area contributed by atoms with Crippen LogP contribution in [0.15, 0.2) is 72.8 Å². The largest absolute Gasteiger partial charge is 0.513 e. The summed E-state index contributed by atoms with van der Waals surface area (Å²) in [7, 11) is 0. The highest BCUT2D eigenvalue weighted by atomic mass is 35.5. The Balaban J connectivity index is 1.60. The van der Waals surface area contributed by atoms with Gasteiger partial charge in [0.25, 0.3) is 5.91 Å². The van der Waals surface area contributed by atoms with Crippen LogP contribution in [0.5, 0.6) is 5.75 Å². The average Bonchev–Trinajstić information content (AvgIpc) is 2.80. The van der Waals surface area contributed by atoms with Crippen LogP contribution in [0, 0.1) is 0 Å². The van der Waals surface area contributed by atoms with Crippen LogP contribution in [-0.4, -0.2) is 24.6 Å². The molecule has 3 aromatic rings. The average molecular weight is 467 g/mol. The van der Waals surface area contributed by atoms with Gasteiger partial charge in [-0.1, -0.05) is 41.9 Å². The zero-order chi connectivity index (χ0) is 23.6. The van der Waals surface area contributed by atoms with Gasteiger partial charge < -0.3 is 20.1 Å². The molecule has 0 aliphatic carbocycles. The van der Waals surface area contributed by atoms with E-state index < -0.39 is 6.16 Å². The SMILES string of the molecule is CCOC(=O)Oc1ccc(C(=O)Nc2ccccc2NC(=O)CCc2ccccc2Cl)cc1. The molecule has 0 saturated heterocycles. The highest BCUT2D eigenvalue weighted by molar-refractivity contribution is 6.31. The van der Waals surface area contributed by atoms with E-state index in [4.69, 9.17) is 21.1 Å². The second-order valence-electron chi connectivity index (χ2n) is 6.95. The summed E-state index contributed by atoms with van der Waals surface area (Å²) in [5.74, 6) is -0.316. The fourth-order valence-corrected chi connectivity index (χ4v) is 3.21. The van der Waals surface area contributed by atoms with Crippen LogP contribution in [-0.2, 0) is 16.0 Å². The first-order valence-electron chi connectivity index (χ1n) is 10.3. The topological polar surface area (TPSA) is 93.7 Å². The minimum atomic E-state index is -0.811. The van der Waals surface area contributed by atoms with E-state index in [-0.39, 0.29) is 30.6 Å². The Morgan fingerprint density at radius 3 is 2.15 bits per heavy atom. The Morgan fingerprint density at radius 2 is 1.48 bits per heavy atom. The Labute approximate surface area is 196 Å². The van der Waals surface area contributed by atoms with Gasteiger partial charge in [-0.15, -0.1) is 0 Å². The lowest BCUT2D eigenvalue weighted by Crippen LogP contribution is -2.17. The zero-order valence-corrected chi connectivity index (χ0v) is 18.7. The summed E-state index contributed by atoms with van der Waals surface area (Å²) in [6.07, 6.45) is -0.0670. The normalized spacial score (nSPS) is 10.2. The fraction of sp³-hybridized carbons (Fsp3) is 0.160. The van der Waals surface area contributed by atoms with Crippen molar-refractivity contribution in [2.75, 3.05) is 17.2 Å². The van der Waals surface area contributed by atoms with Gasteiger partial charge in [0, 0.05) is 17.0 Å². The fourth-order valence-electron chi connectivity index (χ4n) is 2.98. The standard InChI is InChI=1S/C25H23ClN2O5/c1-2-32-25(31)33-19-14-11-18(12-15-19)24(30)28-22-10-6-5-9-21(22)27-23(29)16-13-17-7-3-4-8-20(17)26/h3-12,14-15H,2,13,16H2,1H3,(H,27,29)(H,28,30). The molecule has 3 aromatic carbocycles. The molecule has 2 N–H and O–H groups in total. The number of aryl methyl sites for hydroxylation is 1. The molecule has 0 fully saturated rings. The van der Waals surface area contributed by atoms with E-state index in [2.05, 4.69) is 10.6 Å². The van der Waals surface area contributed by atoms with Gasteiger partial charge in [0.2, 0.25) is 5.91 Å². The van der Waals surface area contributed by atoms with Gasteiger partial charge in [0.15, 0.2) is 0 Å². The Kier molecular flexibility index (Phi) is 8.43. The second kappa shape index (κ2) is 11.7. The van der Waals surface area contributed by atoms with E-state index in [0.29, 0.717) is 28.4 Å². The summed E-state index contributed by atoms with van der Waals surface area (Å²) < 4.78 is 9.70. The van der Waals surface area contributed by atoms with Crippen LogP contribution in [0.25, 0.3) is 0 Å². The first-order valence-corrected chi connectivity index (χ1v) is 10.7. The first kappa shape index (κ1) is 23.8. The van der Waals surface area contributed by atoms with Crippen LogP contribution < -0.4 is 15.4 Å². The summed E-state index contributed by atoms with van der Waals surface area (Å²) in [6.45, 7) is 1.88. The molecular formula is C25H23ClN2O5. The molecular weight excluding hydrogens is 444 g/mol. The van der Waals surface area contributed by atoms with Crippen LogP contribution >= 0.6 is 11.6 Å². The predicted molar refractivity (Wildman–Crippen MR) is 127 cm³/mol. The van der Waals surface area contributed by atoms with E-state index in [9.17, 15) is 14.4 Å². The van der Waals surface area contributed by atoms with E-state index in [1.165, 1.54) is 24.3 Å². The van der Waals surface area contributed by atoms with Crippen molar-refractivity contribution in [1.82, 2.24) is 0 Å². The minimum Gasteiger partial charge on any atom is -0.434 e. The number of hydrogen-bond acceptors (Lipinski definition) is 5. The van der Waals surface area contributed by atoms with Gasteiger partial charge in [-0.3, -0.25) is 9.59 Å². The molecule has 3 rings (SSSR count). The zero-order valence-electron chi connectivity index (χ0n) is 18.0. The van der Waals surface area contributed by atoms with Crippen molar-refractivity contribution in [3.8, 4) is 5.75 Å². The molecule has 0 unspecified atom stereocenters. The maximum absolute atomic E-state index is 12.7. The monoisotopic (exact) mass is 466 g/mol. The molecule has 0 spiro atoms. The summed E-state index contributed by atoms with van der Waals surface area (Å²) >= 11 is 6.15. The molecule has 0 bridgehead atoms. The van der Waals surface area contributed by atoms with E-state index in [0.717, 1.165) is 5.56 Å². The van der Waals surface area contributed by atoms with Gasteiger partial charge in [0.1, 0.15) is 5.75 Å². The second-order valence-corrected chi connectivity index (χ2v) is 7.36. The molecule has 0 saturated carbocycles. The number of ether oxygens (including phenoxy) is 2. The number of rotatable bonds is 8. The highest BCUT2D eigenvalue weighted by Gasteiger charge is 2.13. The van der Waals surface area contributed by atoms with Crippen LogP contribution in [0.3, 0.4) is 0 Å². The summed E-state index contributed by atoms with van der Waals surface area (Å²) in [5.41, 5.74) is 2.19. The third kappa shape index (κ3) is 7.08. The molecule has 0 aliphatic heterocycles. The smallest absolute Gasteiger partial charge is 0.434 e. The summed E-state index contributed by atoms with van der Waals surface area (Å²) in [6, 6.07) is 20.3. The predicted octanol–water partition coefficient (Wildman–Crippen LogP) is 5.70. The molecule has 0 radical (unpaired) electrons. The van der Waals surface area contributed by atoms with Gasteiger partial charge in [0.05, 0.1) is 18.0 Å². The number of hydrogen-bond donors (Lipinski definition) is 2. The maximum atomic E-state index is 12.7. The number of halogens is 1. The van der Waals surface area contributed by atoms with Crippen LogP contribution in [0.2, 0.25) is 5.02 Å². The van der Waals surface area contributed by atoms with E-state index in [1.807, 2.05) is 18.2 Å². The number of benzene rings is 3. The number of amides is 2. The number of carbonyl (C=O) groups is 3. The quantitative estimate of drug-likeness (QED) is 0.328. The molecule has 0 heterocycles. The van der Waals surface area contributed by atoms with Crippen molar-refractivity contribution >= 4 is 40.9 Å². The van der Waals surface area contributed by atoms with Gasteiger partial charge in [-0.25, -0.2) is 4.79 Å². The molecule has 8 heteroatoms. The van der Waals surface area contributed by atoms with Crippen molar-refractivity contribution in [3.63, 3.8) is 0 Å². The summed E-state index contributed by atoms with van der Waals surface area (Å²) in [5, 5.41) is 6.24. The van der Waals surface area contributed by atoms with Crippen molar-refractivity contribution in [1.29, 1.82) is 0 Å². The lowest BCUT2D eigenvalue weighted by Gasteiger charge is -2.13. The highest BCUT2D eigenvalue weighted by Crippen LogP contribution is 2.23. The molecule has 33 heavy (non-hydrogen) atoms. The molecule has 0 atom stereocenters. The van der Waals surface area contributed by atoms with Crippen LogP contribution in [0.1, 0.15) is 29.3 Å². The number of anilines is 2. The Bertz CT molecular complexity index is 1130. The number of nitrogens with one attached hydrogen (secondary N) is 2. The molecule has 7 nitrogen and oxygen atoms in total. The Morgan fingerprint density at radius 1 is 0.848 bits per heavy atom. The maximum Gasteiger partial charge on any atom is 0.513 e. The number of para-hydroxylation sites is 2. The van der Waals surface area contributed by atoms with Gasteiger partial charge in [-0.05, 0) is 61.4 Å². The molecule has 0 aromatic heterocycles. The van der Waals surface area contributed by atoms with E-state index >= 15 is 0 Å². The minimum absolute atomic E-state index is 0.197. The van der Waals surface area contributed by atoms with Crippen molar-refractivity contribution in [3.05, 3.63) is 88.9 Å². The van der Waals surface area contributed by atoms with Crippen molar-refractivity contribution in [2.45, 2.75) is 19.8 Å². The molecule has 170 valence electrons. The Hall–Kier alpha value is -3.84. The van der Waals surface area contributed by atoms with Crippen LogP contribution in [0.4, 0.5) is 16.2 Å². The molecule has 2 amide bonds.